The lowest BCUT2D eigenvalue weighted by molar-refractivity contribution is -0.155. The number of aliphatic hydroxyl groups excluding tert-OH is 1. The lowest BCUT2D eigenvalue weighted by atomic mass is 9.98. The first-order valence-electron chi connectivity index (χ1n) is 12.0. The van der Waals surface area contributed by atoms with E-state index in [2.05, 4.69) is 22.5 Å². The number of nitrogens with zero attached hydrogens (tertiary/aromatic N) is 2. The maximum atomic E-state index is 12.4. The first kappa shape index (κ1) is 28.5. The van der Waals surface area contributed by atoms with Crippen LogP contribution in [0.2, 0.25) is 0 Å². The van der Waals surface area contributed by atoms with Gasteiger partial charge in [0.05, 0.1) is 12.3 Å². The van der Waals surface area contributed by atoms with E-state index in [0.29, 0.717) is 12.1 Å². The molecule has 0 saturated carbocycles. The molecule has 3 aliphatic rings. The average Bonchev–Trinajstić information content (AvgIpc) is 3.05. The number of fused-ring (bicyclic) bond motifs is 3. The third-order valence-electron chi connectivity index (χ3n) is 6.59. The quantitative estimate of drug-likeness (QED) is 0.344. The van der Waals surface area contributed by atoms with Crippen LogP contribution in [0.3, 0.4) is 0 Å². The molecule has 2 saturated heterocycles. The van der Waals surface area contributed by atoms with Gasteiger partial charge in [0, 0.05) is 18.3 Å². The molecule has 1 unspecified atom stereocenters. The summed E-state index contributed by atoms with van der Waals surface area (Å²) in [6.07, 6.45) is 9.94. The molecule has 4 N–H and O–H groups in total. The molecule has 4 atom stereocenters. The van der Waals surface area contributed by atoms with Crippen molar-refractivity contribution in [2.75, 3.05) is 19.1 Å². The molecular weight excluding hydrogens is 498 g/mol. The second-order valence-electron chi connectivity index (χ2n) is 9.01. The standard InChI is InChI=1S/C17H23NO3.C9H8N2.H2O4S/c1-18-13-7-8-14(18)10-15(9-13)21-17(20)16(11-19)12-5-3-2-4-6-12;1-2-6-9-8(4-1)5-3-7-10-11-9;1-5(2,3)4/h2-6,13-16,19H,7-11H2,1H3;1-7,11H;(H2,1,2,3,4)/t13-,14+,15?,16-;;/m1../s1. The van der Waals surface area contributed by atoms with Crippen molar-refractivity contribution in [3.8, 4) is 0 Å². The van der Waals surface area contributed by atoms with Crippen LogP contribution in [-0.2, 0) is 19.9 Å². The fraction of sp³-hybridized carbons (Fsp3) is 0.385. The summed E-state index contributed by atoms with van der Waals surface area (Å²) >= 11 is 0. The van der Waals surface area contributed by atoms with Gasteiger partial charge in [0.15, 0.2) is 0 Å². The minimum absolute atomic E-state index is 0.00367. The number of esters is 1. The second kappa shape index (κ2) is 13.5. The maximum Gasteiger partial charge on any atom is 0.394 e. The number of hydrogen-bond donors (Lipinski definition) is 4. The Kier molecular flexibility index (Phi) is 10.4. The summed E-state index contributed by atoms with van der Waals surface area (Å²) < 4.78 is 37.3. The molecule has 200 valence electrons. The Morgan fingerprint density at radius 2 is 1.68 bits per heavy atom. The Hall–Kier alpha value is -3.09. The molecule has 5 rings (SSSR count). The van der Waals surface area contributed by atoms with E-state index in [1.807, 2.05) is 66.7 Å². The van der Waals surface area contributed by atoms with E-state index in [1.165, 1.54) is 18.4 Å². The Morgan fingerprint density at radius 3 is 2.30 bits per heavy atom. The van der Waals surface area contributed by atoms with Crippen LogP contribution >= 0.6 is 0 Å². The number of carbonyl (C=O) groups excluding carboxylic acids is 1. The largest absolute Gasteiger partial charge is 0.462 e. The van der Waals surface area contributed by atoms with E-state index in [9.17, 15) is 9.90 Å². The SMILES string of the molecule is C1=Cc2ccccc2NN=C1.CN1[C@@H]2CC[C@H]1CC(OC(=O)[C@H](CO)c1ccccc1)C2.O=S(=O)(O)O. The highest BCUT2D eigenvalue weighted by Gasteiger charge is 2.40. The van der Waals surface area contributed by atoms with Gasteiger partial charge in [0.2, 0.25) is 0 Å². The summed E-state index contributed by atoms with van der Waals surface area (Å²) in [5.74, 6) is -0.860. The minimum Gasteiger partial charge on any atom is -0.462 e. The first-order chi connectivity index (χ1) is 17.7. The Balaban J connectivity index is 0.000000197. The molecule has 0 radical (unpaired) electrons. The summed E-state index contributed by atoms with van der Waals surface area (Å²) in [6.45, 7) is -0.206. The summed E-state index contributed by atoms with van der Waals surface area (Å²) in [4.78, 5) is 14.8. The number of carbonyl (C=O) groups is 1. The van der Waals surface area contributed by atoms with Crippen molar-refractivity contribution >= 4 is 34.3 Å². The number of nitrogens with one attached hydrogen (secondary N) is 1. The van der Waals surface area contributed by atoms with Gasteiger partial charge < -0.3 is 14.7 Å². The Labute approximate surface area is 217 Å². The number of para-hydroxylation sites is 1. The zero-order chi connectivity index (χ0) is 26.8. The van der Waals surface area contributed by atoms with Crippen molar-refractivity contribution in [1.82, 2.24) is 4.90 Å². The number of allylic oxidation sites excluding steroid dienone is 1. The van der Waals surface area contributed by atoms with Gasteiger partial charge in [-0.15, -0.1) is 0 Å². The molecule has 2 aromatic rings. The summed E-state index contributed by atoms with van der Waals surface area (Å²) in [5, 5.41) is 13.5. The molecule has 0 spiro atoms. The number of hydrazone groups is 1. The van der Waals surface area contributed by atoms with E-state index >= 15 is 0 Å². The molecule has 0 aromatic heterocycles. The van der Waals surface area contributed by atoms with E-state index in [0.717, 1.165) is 24.1 Å². The summed E-state index contributed by atoms with van der Waals surface area (Å²) in [7, 11) is -2.50. The smallest absolute Gasteiger partial charge is 0.394 e. The number of rotatable bonds is 4. The third-order valence-corrected chi connectivity index (χ3v) is 6.59. The molecule has 10 nitrogen and oxygen atoms in total. The van der Waals surface area contributed by atoms with Gasteiger partial charge in [-0.3, -0.25) is 19.3 Å². The van der Waals surface area contributed by atoms with Gasteiger partial charge in [0.25, 0.3) is 0 Å². The minimum atomic E-state index is -4.67. The average molecular weight is 532 g/mol. The van der Waals surface area contributed by atoms with Crippen molar-refractivity contribution in [1.29, 1.82) is 0 Å². The van der Waals surface area contributed by atoms with Crippen LogP contribution in [0.15, 0.2) is 65.8 Å². The zero-order valence-electron chi connectivity index (χ0n) is 20.6. The number of piperidine rings is 1. The normalized spacial score (nSPS) is 22.6. The molecule has 2 bridgehead atoms. The second-order valence-corrected chi connectivity index (χ2v) is 9.91. The van der Waals surface area contributed by atoms with E-state index in [4.69, 9.17) is 22.3 Å². The lowest BCUT2D eigenvalue weighted by Crippen LogP contribution is -2.43. The van der Waals surface area contributed by atoms with Crippen LogP contribution in [0, 0.1) is 0 Å². The fourth-order valence-corrected chi connectivity index (χ4v) is 4.75. The van der Waals surface area contributed by atoms with Crippen LogP contribution in [0.5, 0.6) is 0 Å². The number of aliphatic hydroxyl groups is 1. The number of benzene rings is 2. The van der Waals surface area contributed by atoms with Crippen LogP contribution in [0.25, 0.3) is 6.08 Å². The van der Waals surface area contributed by atoms with Gasteiger partial charge in [-0.05, 0) is 56.0 Å². The van der Waals surface area contributed by atoms with Crippen LogP contribution < -0.4 is 5.43 Å². The van der Waals surface area contributed by atoms with Crippen LogP contribution in [-0.4, -0.2) is 71.6 Å². The predicted octanol–water partition coefficient (Wildman–Crippen LogP) is 3.39. The monoisotopic (exact) mass is 531 g/mol. The molecule has 2 fully saturated rings. The molecule has 0 amide bonds. The maximum absolute atomic E-state index is 12.4. The van der Waals surface area contributed by atoms with Gasteiger partial charge >= 0.3 is 16.4 Å². The number of anilines is 1. The highest BCUT2D eigenvalue weighted by atomic mass is 32.3. The van der Waals surface area contributed by atoms with Crippen molar-refractivity contribution < 1.29 is 32.2 Å². The number of hydrogen-bond acceptors (Lipinski definition) is 8. The van der Waals surface area contributed by atoms with Crippen LogP contribution in [0.1, 0.15) is 42.7 Å². The van der Waals surface area contributed by atoms with Gasteiger partial charge in [-0.2, -0.15) is 13.5 Å². The zero-order valence-corrected chi connectivity index (χ0v) is 21.4. The topological polar surface area (TPSA) is 149 Å². The molecule has 3 aliphatic heterocycles. The molecular formula is C26H33N3O7S. The molecule has 2 aromatic carbocycles. The molecule has 37 heavy (non-hydrogen) atoms. The first-order valence-corrected chi connectivity index (χ1v) is 13.4. The number of ether oxygens (including phenoxy) is 1. The van der Waals surface area contributed by atoms with E-state index in [-0.39, 0.29) is 18.7 Å². The van der Waals surface area contributed by atoms with Crippen LogP contribution in [0.4, 0.5) is 5.69 Å². The molecule has 0 aliphatic carbocycles. The van der Waals surface area contributed by atoms with Crippen molar-refractivity contribution in [2.45, 2.75) is 49.8 Å². The fourth-order valence-electron chi connectivity index (χ4n) is 4.75. The Morgan fingerprint density at radius 1 is 1.08 bits per heavy atom. The molecule has 11 heteroatoms. The van der Waals surface area contributed by atoms with Gasteiger partial charge in [-0.25, -0.2) is 0 Å². The van der Waals surface area contributed by atoms with Gasteiger partial charge in [-0.1, -0.05) is 54.6 Å². The third kappa shape index (κ3) is 9.06. The van der Waals surface area contributed by atoms with Crippen molar-refractivity contribution in [3.63, 3.8) is 0 Å². The predicted molar refractivity (Wildman–Crippen MR) is 142 cm³/mol. The lowest BCUT2D eigenvalue weighted by Gasteiger charge is -2.36. The van der Waals surface area contributed by atoms with Crippen molar-refractivity contribution in [2.24, 2.45) is 5.10 Å². The Bertz CT molecular complexity index is 1170. The van der Waals surface area contributed by atoms with E-state index < -0.39 is 16.3 Å². The summed E-state index contributed by atoms with van der Waals surface area (Å²) in [6, 6.07) is 18.5. The highest BCUT2D eigenvalue weighted by molar-refractivity contribution is 7.79. The highest BCUT2D eigenvalue weighted by Crippen LogP contribution is 2.36. The summed E-state index contributed by atoms with van der Waals surface area (Å²) in [5.41, 5.74) is 5.98. The van der Waals surface area contributed by atoms with Gasteiger partial charge in [0.1, 0.15) is 12.0 Å². The van der Waals surface area contributed by atoms with Crippen molar-refractivity contribution in [3.05, 3.63) is 71.8 Å². The molecule has 3 heterocycles. The van der Waals surface area contributed by atoms with E-state index in [1.54, 1.807) is 6.21 Å².